The van der Waals surface area contributed by atoms with Crippen molar-refractivity contribution >= 4 is 39.6 Å². The number of anilines is 3. The number of aromatic nitrogens is 1. The second-order valence-electron chi connectivity index (χ2n) is 4.90. The molecule has 22 heavy (non-hydrogen) atoms. The summed E-state index contributed by atoms with van der Waals surface area (Å²) in [6.45, 7) is 1.90. The van der Waals surface area contributed by atoms with Crippen LogP contribution in [0.1, 0.15) is 5.56 Å². The van der Waals surface area contributed by atoms with E-state index in [2.05, 4.69) is 10.3 Å². The largest absolute Gasteiger partial charge is 0.398 e. The second-order valence-corrected chi connectivity index (χ2v) is 5.31. The van der Waals surface area contributed by atoms with Gasteiger partial charge in [0.1, 0.15) is 5.82 Å². The lowest BCUT2D eigenvalue weighted by Crippen LogP contribution is -2.00. The van der Waals surface area contributed by atoms with Crippen molar-refractivity contribution in [2.24, 2.45) is 0 Å². The van der Waals surface area contributed by atoms with Crippen molar-refractivity contribution in [3.63, 3.8) is 0 Å². The molecule has 6 heteroatoms. The Morgan fingerprint density at radius 3 is 2.59 bits per heavy atom. The van der Waals surface area contributed by atoms with Crippen molar-refractivity contribution in [1.29, 1.82) is 0 Å². The Morgan fingerprint density at radius 2 is 1.82 bits per heavy atom. The number of rotatable bonds is 2. The molecule has 0 aliphatic carbocycles. The minimum atomic E-state index is -1.10. The van der Waals surface area contributed by atoms with Gasteiger partial charge >= 0.3 is 0 Å². The monoisotopic (exact) mass is 319 g/mol. The topological polar surface area (TPSA) is 50.9 Å². The molecule has 1 aromatic heterocycles. The summed E-state index contributed by atoms with van der Waals surface area (Å²) in [7, 11) is 0. The molecule has 0 radical (unpaired) electrons. The number of nitrogens with zero attached hydrogens (tertiary/aromatic N) is 1. The van der Waals surface area contributed by atoms with Crippen LogP contribution in [-0.4, -0.2) is 4.98 Å². The molecule has 0 saturated carbocycles. The summed E-state index contributed by atoms with van der Waals surface area (Å²) in [5.41, 5.74) is 7.58. The number of nitrogens with two attached hydrogens (primary N) is 1. The third kappa shape index (κ3) is 2.33. The summed E-state index contributed by atoms with van der Waals surface area (Å²) >= 11 is 5.55. The molecule has 3 aromatic rings. The molecule has 0 aliphatic rings. The van der Waals surface area contributed by atoms with E-state index in [0.29, 0.717) is 11.5 Å². The predicted molar refractivity (Wildman–Crippen MR) is 85.5 cm³/mol. The summed E-state index contributed by atoms with van der Waals surface area (Å²) in [6.07, 6.45) is 1.56. The van der Waals surface area contributed by atoms with Crippen LogP contribution < -0.4 is 11.1 Å². The van der Waals surface area contributed by atoms with Gasteiger partial charge in [-0.1, -0.05) is 23.7 Å². The van der Waals surface area contributed by atoms with Gasteiger partial charge in [0.25, 0.3) is 0 Å². The van der Waals surface area contributed by atoms with Crippen LogP contribution in [0.5, 0.6) is 0 Å². The van der Waals surface area contributed by atoms with E-state index in [1.165, 1.54) is 12.1 Å². The van der Waals surface area contributed by atoms with Gasteiger partial charge in [0.2, 0.25) is 0 Å². The van der Waals surface area contributed by atoms with Gasteiger partial charge in [0.15, 0.2) is 11.6 Å². The first-order chi connectivity index (χ1) is 10.5. The van der Waals surface area contributed by atoms with E-state index in [0.717, 1.165) is 16.3 Å². The number of hydrogen-bond acceptors (Lipinski definition) is 3. The molecule has 112 valence electrons. The Kier molecular flexibility index (Phi) is 3.58. The Labute approximate surface area is 130 Å². The number of halogens is 3. The van der Waals surface area contributed by atoms with Crippen LogP contribution in [0.2, 0.25) is 5.02 Å². The number of fused-ring (bicyclic) bond motifs is 1. The second kappa shape index (κ2) is 5.42. The number of nitrogen functional groups attached to an aromatic ring is 1. The number of aryl methyl sites for hydroxylation is 1. The Bertz CT molecular complexity index is 881. The van der Waals surface area contributed by atoms with E-state index in [-0.39, 0.29) is 10.7 Å². The maximum atomic E-state index is 13.9. The number of hydrogen-bond donors (Lipinski definition) is 2. The summed E-state index contributed by atoms with van der Waals surface area (Å²) in [5.74, 6) is -1.75. The maximum absolute atomic E-state index is 13.9. The van der Waals surface area contributed by atoms with Crippen molar-refractivity contribution in [3.8, 4) is 0 Å². The molecule has 0 unspecified atom stereocenters. The van der Waals surface area contributed by atoms with Crippen LogP contribution in [0.15, 0.2) is 36.5 Å². The molecule has 0 amide bonds. The van der Waals surface area contributed by atoms with Gasteiger partial charge in [-0.05, 0) is 30.7 Å². The van der Waals surface area contributed by atoms with Crippen LogP contribution >= 0.6 is 11.6 Å². The van der Waals surface area contributed by atoms with E-state index in [1.54, 1.807) is 12.3 Å². The summed E-state index contributed by atoms with van der Waals surface area (Å²) in [6, 6.07) is 8.11. The molecule has 0 bridgehead atoms. The Morgan fingerprint density at radius 1 is 1.05 bits per heavy atom. The van der Waals surface area contributed by atoms with E-state index in [9.17, 15) is 8.78 Å². The summed E-state index contributed by atoms with van der Waals surface area (Å²) < 4.78 is 27.5. The highest BCUT2D eigenvalue weighted by atomic mass is 35.5. The minimum absolute atomic E-state index is 0.0407. The average molecular weight is 320 g/mol. The molecule has 0 spiro atoms. The van der Waals surface area contributed by atoms with Gasteiger partial charge in [-0.15, -0.1) is 0 Å². The summed E-state index contributed by atoms with van der Waals surface area (Å²) in [4.78, 5) is 4.18. The van der Waals surface area contributed by atoms with Crippen molar-refractivity contribution in [2.45, 2.75) is 6.92 Å². The molecule has 2 aromatic carbocycles. The van der Waals surface area contributed by atoms with Gasteiger partial charge in [0, 0.05) is 22.7 Å². The molecule has 3 rings (SSSR count). The fourth-order valence-electron chi connectivity index (χ4n) is 2.24. The first-order valence-corrected chi connectivity index (χ1v) is 6.91. The molecular formula is C16H12ClF2N3. The Balaban J connectivity index is 2.13. The smallest absolute Gasteiger partial charge is 0.183 e. The molecule has 1 heterocycles. The van der Waals surface area contributed by atoms with Crippen LogP contribution in [0.25, 0.3) is 10.8 Å². The third-order valence-electron chi connectivity index (χ3n) is 3.49. The minimum Gasteiger partial charge on any atom is -0.398 e. The quantitative estimate of drug-likeness (QED) is 0.527. The van der Waals surface area contributed by atoms with E-state index < -0.39 is 11.6 Å². The number of benzene rings is 2. The van der Waals surface area contributed by atoms with Crippen LogP contribution in [0.4, 0.5) is 26.0 Å². The zero-order chi connectivity index (χ0) is 15.9. The molecule has 0 aliphatic heterocycles. The van der Waals surface area contributed by atoms with Gasteiger partial charge in [-0.25, -0.2) is 13.8 Å². The predicted octanol–water partition coefficient (Wildman–Crippen LogP) is 4.80. The lowest BCUT2D eigenvalue weighted by Gasteiger charge is -2.12. The lowest BCUT2D eigenvalue weighted by molar-refractivity contribution is 0.512. The SMILES string of the molecule is Cc1ccc2c(Nc3ccc(Cl)c(F)c3F)nccc2c1N. The van der Waals surface area contributed by atoms with Crippen molar-refractivity contribution in [2.75, 3.05) is 11.1 Å². The third-order valence-corrected chi connectivity index (χ3v) is 3.79. The van der Waals surface area contributed by atoms with Gasteiger partial charge in [-0.3, -0.25) is 0 Å². The zero-order valence-corrected chi connectivity index (χ0v) is 12.4. The molecule has 0 atom stereocenters. The Hall–Kier alpha value is -2.40. The van der Waals surface area contributed by atoms with Gasteiger partial charge in [-0.2, -0.15) is 0 Å². The standard InChI is InChI=1S/C16H12ClF2N3/c1-8-2-3-10-9(15(8)20)6-7-21-16(10)22-12-5-4-11(17)13(18)14(12)19/h2-7H,20H2,1H3,(H,21,22). The number of nitrogens with one attached hydrogen (secondary N) is 1. The fraction of sp³-hybridized carbons (Fsp3) is 0.0625. The van der Waals surface area contributed by atoms with E-state index in [1.807, 2.05) is 19.1 Å². The first-order valence-electron chi connectivity index (χ1n) is 6.53. The van der Waals surface area contributed by atoms with Crippen molar-refractivity contribution in [3.05, 3.63) is 58.7 Å². The average Bonchev–Trinajstić information content (AvgIpc) is 2.52. The highest BCUT2D eigenvalue weighted by Crippen LogP contribution is 2.32. The van der Waals surface area contributed by atoms with Gasteiger partial charge in [0.05, 0.1) is 10.7 Å². The fourth-order valence-corrected chi connectivity index (χ4v) is 2.38. The summed E-state index contributed by atoms with van der Waals surface area (Å²) in [5, 5.41) is 4.04. The molecule has 3 N–H and O–H groups in total. The molecule has 3 nitrogen and oxygen atoms in total. The molecular weight excluding hydrogens is 308 g/mol. The van der Waals surface area contributed by atoms with Crippen molar-refractivity contribution < 1.29 is 8.78 Å². The number of pyridine rings is 1. The van der Waals surface area contributed by atoms with Gasteiger partial charge < -0.3 is 11.1 Å². The van der Waals surface area contributed by atoms with E-state index in [4.69, 9.17) is 17.3 Å². The van der Waals surface area contributed by atoms with Crippen LogP contribution in [0, 0.1) is 18.6 Å². The highest BCUT2D eigenvalue weighted by Gasteiger charge is 2.14. The van der Waals surface area contributed by atoms with Crippen LogP contribution in [0.3, 0.4) is 0 Å². The normalized spacial score (nSPS) is 10.9. The zero-order valence-electron chi connectivity index (χ0n) is 11.6. The molecule has 0 saturated heterocycles. The maximum Gasteiger partial charge on any atom is 0.183 e. The van der Waals surface area contributed by atoms with Crippen molar-refractivity contribution in [1.82, 2.24) is 4.98 Å². The van der Waals surface area contributed by atoms with E-state index >= 15 is 0 Å². The first kappa shape index (κ1) is 14.5. The highest BCUT2D eigenvalue weighted by molar-refractivity contribution is 6.30. The molecule has 0 fully saturated rings. The lowest BCUT2D eigenvalue weighted by atomic mass is 10.1. The van der Waals surface area contributed by atoms with Crippen LogP contribution in [-0.2, 0) is 0 Å².